The topological polar surface area (TPSA) is 65.8 Å². The molecule has 2 rings (SSSR count). The number of hydrogen-bond acceptors (Lipinski definition) is 3. The summed E-state index contributed by atoms with van der Waals surface area (Å²) in [5.74, 6) is -0.0439. The lowest BCUT2D eigenvalue weighted by molar-refractivity contribution is 0.0899. The van der Waals surface area contributed by atoms with Crippen molar-refractivity contribution in [2.45, 2.75) is 25.8 Å². The van der Waals surface area contributed by atoms with Gasteiger partial charge in [-0.15, -0.1) is 0 Å². The van der Waals surface area contributed by atoms with Crippen molar-refractivity contribution in [2.75, 3.05) is 0 Å². The third-order valence-electron chi connectivity index (χ3n) is 2.91. The summed E-state index contributed by atoms with van der Waals surface area (Å²) in [6.07, 6.45) is 1.51. The van der Waals surface area contributed by atoms with Crippen LogP contribution < -0.4 is 5.32 Å². The van der Waals surface area contributed by atoms with Gasteiger partial charge in [0.2, 0.25) is 0 Å². The number of hydrogen-bond donors (Lipinski definition) is 1. The quantitative estimate of drug-likeness (QED) is 0.837. The first-order chi connectivity index (χ1) is 8.10. The molecule has 0 atom stereocenters. The molecular weight excluding hydrogens is 329 g/mol. The predicted octanol–water partition coefficient (Wildman–Crippen LogP) is 2.03. The minimum Gasteiger partial charge on any atom is -0.348 e. The van der Waals surface area contributed by atoms with Crippen LogP contribution in [0.2, 0.25) is 0 Å². The number of nitrogens with zero attached hydrogens (tertiary/aromatic N) is 2. The second-order valence-electron chi connectivity index (χ2n) is 4.23. The van der Waals surface area contributed by atoms with E-state index in [1.54, 1.807) is 6.07 Å². The highest BCUT2D eigenvalue weighted by molar-refractivity contribution is 14.1. The summed E-state index contributed by atoms with van der Waals surface area (Å²) in [7, 11) is 0. The Labute approximate surface area is 114 Å². The highest BCUT2D eigenvalue weighted by Crippen LogP contribution is 2.26. The summed E-state index contributed by atoms with van der Waals surface area (Å²) in [4.78, 5) is 16.1. The Kier molecular flexibility index (Phi) is 3.62. The summed E-state index contributed by atoms with van der Waals surface area (Å²) < 4.78 is 1.05. The second kappa shape index (κ2) is 5.00. The Hall–Kier alpha value is -1.16. The molecule has 0 unspecified atom stereocenters. The second-order valence-corrected chi connectivity index (χ2v) is 5.39. The van der Waals surface area contributed by atoms with E-state index in [-0.39, 0.29) is 17.9 Å². The van der Waals surface area contributed by atoms with Crippen LogP contribution >= 0.6 is 22.6 Å². The van der Waals surface area contributed by atoms with Crippen LogP contribution in [0, 0.1) is 27.7 Å². The van der Waals surface area contributed by atoms with Crippen LogP contribution in [0.4, 0.5) is 0 Å². The third kappa shape index (κ3) is 2.75. The molecule has 88 valence electrons. The van der Waals surface area contributed by atoms with E-state index in [0.29, 0.717) is 5.69 Å². The van der Waals surface area contributed by atoms with Crippen LogP contribution in [0.5, 0.6) is 0 Å². The number of pyridine rings is 1. The van der Waals surface area contributed by atoms with Gasteiger partial charge in [0.05, 0.1) is 17.7 Å². The maximum Gasteiger partial charge on any atom is 0.270 e. The normalized spacial score (nSPS) is 22.4. The van der Waals surface area contributed by atoms with Gasteiger partial charge in [0.1, 0.15) is 5.69 Å². The zero-order valence-electron chi connectivity index (χ0n) is 9.40. The van der Waals surface area contributed by atoms with Crippen molar-refractivity contribution in [2.24, 2.45) is 5.92 Å². The third-order valence-corrected chi connectivity index (χ3v) is 4.05. The van der Waals surface area contributed by atoms with Crippen molar-refractivity contribution < 1.29 is 4.79 Å². The Morgan fingerprint density at radius 2 is 2.29 bits per heavy atom. The molecule has 1 aliphatic rings. The van der Waals surface area contributed by atoms with Gasteiger partial charge in [0, 0.05) is 9.61 Å². The molecule has 0 saturated heterocycles. The maximum atomic E-state index is 11.8. The molecule has 0 aromatic carbocycles. The van der Waals surface area contributed by atoms with Gasteiger partial charge < -0.3 is 5.32 Å². The molecule has 5 heteroatoms. The van der Waals surface area contributed by atoms with Crippen LogP contribution in [0.3, 0.4) is 0 Å². The van der Waals surface area contributed by atoms with Gasteiger partial charge in [-0.1, -0.05) is 0 Å². The van der Waals surface area contributed by atoms with Gasteiger partial charge in [0.15, 0.2) is 0 Å². The molecule has 4 nitrogen and oxygen atoms in total. The zero-order chi connectivity index (χ0) is 12.4. The van der Waals surface area contributed by atoms with Crippen LogP contribution in [-0.4, -0.2) is 16.9 Å². The summed E-state index contributed by atoms with van der Waals surface area (Å²) >= 11 is 2.19. The fourth-order valence-corrected chi connectivity index (χ4v) is 2.07. The summed E-state index contributed by atoms with van der Waals surface area (Å²) in [6, 6.07) is 5.94. The maximum absolute atomic E-state index is 11.8. The van der Waals surface area contributed by atoms with E-state index in [0.717, 1.165) is 22.1 Å². The largest absolute Gasteiger partial charge is 0.348 e. The van der Waals surface area contributed by atoms with E-state index in [9.17, 15) is 4.79 Å². The molecule has 0 radical (unpaired) electrons. The number of rotatable bonds is 2. The molecule has 0 spiro atoms. The lowest BCUT2D eigenvalue weighted by Crippen LogP contribution is -2.44. The molecule has 1 aromatic rings. The molecule has 1 aromatic heterocycles. The van der Waals surface area contributed by atoms with Crippen LogP contribution in [-0.2, 0) is 0 Å². The molecular formula is C12H12IN3O. The van der Waals surface area contributed by atoms with Crippen LogP contribution in [0.25, 0.3) is 0 Å². The monoisotopic (exact) mass is 341 g/mol. The number of aromatic nitrogens is 1. The lowest BCUT2D eigenvalue weighted by atomic mass is 9.81. The van der Waals surface area contributed by atoms with Crippen molar-refractivity contribution in [3.05, 3.63) is 27.1 Å². The highest BCUT2D eigenvalue weighted by atomic mass is 127. The Morgan fingerprint density at radius 3 is 2.88 bits per heavy atom. The van der Waals surface area contributed by atoms with Gasteiger partial charge in [-0.05, 0) is 54.5 Å². The van der Waals surface area contributed by atoms with Gasteiger partial charge in [-0.3, -0.25) is 4.79 Å². The number of halogens is 1. The first kappa shape index (κ1) is 12.3. The van der Waals surface area contributed by atoms with E-state index >= 15 is 0 Å². The van der Waals surface area contributed by atoms with Crippen molar-refractivity contribution >= 4 is 28.5 Å². The van der Waals surface area contributed by atoms with Gasteiger partial charge in [-0.2, -0.15) is 5.26 Å². The lowest BCUT2D eigenvalue weighted by Gasteiger charge is -2.31. The summed E-state index contributed by atoms with van der Waals surface area (Å²) in [5, 5.41) is 11.5. The Balaban J connectivity index is 1.97. The van der Waals surface area contributed by atoms with Gasteiger partial charge >= 0.3 is 0 Å². The number of nitriles is 1. The van der Waals surface area contributed by atoms with Crippen molar-refractivity contribution in [1.82, 2.24) is 10.3 Å². The fraction of sp³-hybridized carbons (Fsp3) is 0.417. The van der Waals surface area contributed by atoms with E-state index in [1.165, 1.54) is 0 Å². The van der Waals surface area contributed by atoms with Gasteiger partial charge in [0.25, 0.3) is 5.91 Å². The van der Waals surface area contributed by atoms with Crippen molar-refractivity contribution in [3.63, 3.8) is 0 Å². The Morgan fingerprint density at radius 1 is 1.59 bits per heavy atom. The average Bonchev–Trinajstić information content (AvgIpc) is 2.26. The molecule has 0 bridgehead atoms. The molecule has 0 aliphatic heterocycles. The van der Waals surface area contributed by atoms with E-state index in [1.807, 2.05) is 13.0 Å². The summed E-state index contributed by atoms with van der Waals surface area (Å²) in [5.41, 5.74) is 1.31. The number of carbonyl (C=O) groups is 1. The zero-order valence-corrected chi connectivity index (χ0v) is 11.6. The molecule has 1 amide bonds. The fourth-order valence-electron chi connectivity index (χ4n) is 1.77. The smallest absolute Gasteiger partial charge is 0.270 e. The predicted molar refractivity (Wildman–Crippen MR) is 71.3 cm³/mol. The number of aryl methyl sites for hydroxylation is 1. The molecule has 1 N–H and O–H groups in total. The molecule has 1 heterocycles. The number of nitrogens with one attached hydrogen (secondary N) is 1. The van der Waals surface area contributed by atoms with E-state index in [4.69, 9.17) is 5.26 Å². The molecule has 1 aliphatic carbocycles. The van der Waals surface area contributed by atoms with E-state index in [2.05, 4.69) is 39.0 Å². The molecule has 17 heavy (non-hydrogen) atoms. The molecule has 1 saturated carbocycles. The summed E-state index contributed by atoms with van der Waals surface area (Å²) in [6.45, 7) is 1.88. The van der Waals surface area contributed by atoms with Crippen LogP contribution in [0.15, 0.2) is 12.1 Å². The number of amides is 1. The Bertz CT molecular complexity index is 489. The first-order valence-corrected chi connectivity index (χ1v) is 6.51. The van der Waals surface area contributed by atoms with Gasteiger partial charge in [-0.25, -0.2) is 4.98 Å². The van der Waals surface area contributed by atoms with Crippen molar-refractivity contribution in [3.8, 4) is 6.07 Å². The number of carbonyl (C=O) groups excluding carboxylic acids is 1. The first-order valence-electron chi connectivity index (χ1n) is 5.43. The minimum atomic E-state index is -0.147. The van der Waals surface area contributed by atoms with Crippen LogP contribution in [0.1, 0.15) is 29.0 Å². The van der Waals surface area contributed by atoms with Crippen molar-refractivity contribution in [1.29, 1.82) is 5.26 Å². The standard InChI is InChI=1S/C12H12IN3O/c1-7-10(13)2-3-11(15-7)12(17)16-9-4-8(5-9)6-14/h2-3,8-9H,4-5H2,1H3,(H,16,17)/t8-,9+. The SMILES string of the molecule is Cc1nc(C(=O)N[C@H]2C[C@@H](C#N)C2)ccc1I. The van der Waals surface area contributed by atoms with E-state index < -0.39 is 0 Å². The highest BCUT2D eigenvalue weighted by Gasteiger charge is 2.30. The minimum absolute atomic E-state index is 0.103. The average molecular weight is 341 g/mol. The molecule has 1 fully saturated rings.